The molecule has 0 saturated heterocycles. The Morgan fingerprint density at radius 1 is 1.15 bits per heavy atom. The Kier molecular flexibility index (Phi) is 7.45. The number of aromatic nitrogens is 1. The number of fused-ring (bicyclic) bond motifs is 1. The maximum absolute atomic E-state index is 12.2. The number of amides is 1. The molecular weight excluding hydrogens is 470 g/mol. The van der Waals surface area contributed by atoms with Crippen LogP contribution in [0.4, 0.5) is 5.69 Å². The Morgan fingerprint density at radius 3 is 2.71 bits per heavy atom. The first-order chi connectivity index (χ1) is 16.4. The van der Waals surface area contributed by atoms with Crippen LogP contribution in [-0.4, -0.2) is 22.6 Å². The molecule has 0 spiro atoms. The number of benzene rings is 3. The minimum atomic E-state index is -0.375. The Balaban J connectivity index is 1.38. The number of ether oxygens (including phenoxy) is 1. The second kappa shape index (κ2) is 10.7. The zero-order valence-electron chi connectivity index (χ0n) is 18.8. The summed E-state index contributed by atoms with van der Waals surface area (Å²) in [5, 5.41) is 6.38. The van der Waals surface area contributed by atoms with Crippen molar-refractivity contribution in [3.05, 3.63) is 77.3 Å². The molecule has 1 atom stereocenters. The highest BCUT2D eigenvalue weighted by molar-refractivity contribution is 7.80. The first-order valence-corrected chi connectivity index (χ1v) is 11.7. The second-order valence-corrected chi connectivity index (χ2v) is 8.73. The van der Waals surface area contributed by atoms with E-state index in [0.717, 1.165) is 23.1 Å². The molecule has 1 aromatic heterocycles. The number of nitrogens with one attached hydrogen (secondary N) is 2. The molecule has 0 radical (unpaired) electrons. The number of thiocarbonyl (C=S) groups is 1. The van der Waals surface area contributed by atoms with Crippen LogP contribution in [0.5, 0.6) is 5.75 Å². The van der Waals surface area contributed by atoms with E-state index in [1.807, 2.05) is 30.3 Å². The molecule has 0 fully saturated rings. The largest absolute Gasteiger partial charge is 0.484 e. The molecule has 8 heteroatoms. The average molecular weight is 494 g/mol. The van der Waals surface area contributed by atoms with Crippen molar-refractivity contribution in [1.29, 1.82) is 0 Å². The van der Waals surface area contributed by atoms with Crippen LogP contribution in [-0.2, 0) is 4.79 Å². The molecule has 0 saturated carbocycles. The van der Waals surface area contributed by atoms with Gasteiger partial charge >= 0.3 is 0 Å². The van der Waals surface area contributed by atoms with E-state index in [2.05, 4.69) is 41.6 Å². The number of carbonyl (C=O) groups excluding carboxylic acids is 1. The lowest BCUT2D eigenvalue weighted by molar-refractivity contribution is -0.121. The number of nitrogens with zero attached hydrogens (tertiary/aromatic N) is 1. The van der Waals surface area contributed by atoms with Gasteiger partial charge in [-0.1, -0.05) is 37.6 Å². The van der Waals surface area contributed by atoms with Crippen molar-refractivity contribution in [2.24, 2.45) is 0 Å². The fourth-order valence-electron chi connectivity index (χ4n) is 3.34. The number of anilines is 1. The Morgan fingerprint density at radius 2 is 1.94 bits per heavy atom. The number of carbonyl (C=O) groups is 1. The van der Waals surface area contributed by atoms with E-state index >= 15 is 0 Å². The van der Waals surface area contributed by atoms with Crippen LogP contribution in [0.15, 0.2) is 71.1 Å². The van der Waals surface area contributed by atoms with Crippen LogP contribution in [0.25, 0.3) is 22.6 Å². The minimum absolute atomic E-state index is 0.164. The zero-order chi connectivity index (χ0) is 24.1. The van der Waals surface area contributed by atoms with Crippen molar-refractivity contribution < 1.29 is 13.9 Å². The lowest BCUT2D eigenvalue weighted by Crippen LogP contribution is -2.37. The first-order valence-electron chi connectivity index (χ1n) is 10.9. The molecule has 4 rings (SSSR count). The van der Waals surface area contributed by atoms with Crippen molar-refractivity contribution in [3.63, 3.8) is 0 Å². The highest BCUT2D eigenvalue weighted by Gasteiger charge is 2.12. The van der Waals surface area contributed by atoms with Gasteiger partial charge in [-0.15, -0.1) is 0 Å². The van der Waals surface area contributed by atoms with Gasteiger partial charge < -0.3 is 14.5 Å². The van der Waals surface area contributed by atoms with Gasteiger partial charge in [-0.25, -0.2) is 4.98 Å². The van der Waals surface area contributed by atoms with Crippen LogP contribution < -0.4 is 15.4 Å². The molecule has 0 aliphatic heterocycles. The van der Waals surface area contributed by atoms with Crippen molar-refractivity contribution in [3.8, 4) is 17.2 Å². The van der Waals surface area contributed by atoms with Crippen LogP contribution in [0.1, 0.15) is 31.7 Å². The summed E-state index contributed by atoms with van der Waals surface area (Å²) in [6.45, 7) is 4.19. The third-order valence-corrected chi connectivity index (χ3v) is 5.85. The standard InChI is InChI=1S/C26H24ClN3O3S/c1-3-16(2)17-7-12-23-22(14-17)29-25(33-23)18-5-4-6-20(13-18)28-26(34)30-24(31)15-32-21-10-8-19(27)9-11-21/h4-14,16H,3,15H2,1-2H3,(H2,28,30,31,34)/t16-/m0/s1. The molecule has 0 bridgehead atoms. The van der Waals surface area contributed by atoms with Gasteiger partial charge in [0.25, 0.3) is 5.91 Å². The van der Waals surface area contributed by atoms with Crippen molar-refractivity contribution in [2.75, 3.05) is 11.9 Å². The van der Waals surface area contributed by atoms with Gasteiger partial charge in [-0.3, -0.25) is 10.1 Å². The van der Waals surface area contributed by atoms with Gasteiger partial charge in [-0.2, -0.15) is 0 Å². The molecular formula is C26H24ClN3O3S. The van der Waals surface area contributed by atoms with Gasteiger partial charge in [0.2, 0.25) is 5.89 Å². The van der Waals surface area contributed by atoms with Gasteiger partial charge in [0.1, 0.15) is 11.3 Å². The third-order valence-electron chi connectivity index (χ3n) is 5.40. The zero-order valence-corrected chi connectivity index (χ0v) is 20.4. The molecule has 1 amide bonds. The summed E-state index contributed by atoms with van der Waals surface area (Å²) >= 11 is 11.1. The number of hydrogen-bond acceptors (Lipinski definition) is 5. The van der Waals surface area contributed by atoms with Gasteiger partial charge in [0, 0.05) is 16.3 Å². The summed E-state index contributed by atoms with van der Waals surface area (Å²) in [6.07, 6.45) is 1.06. The predicted octanol–water partition coefficient (Wildman–Crippen LogP) is 6.55. The monoisotopic (exact) mass is 493 g/mol. The molecule has 0 aliphatic carbocycles. The number of rotatable bonds is 7. The molecule has 6 nitrogen and oxygen atoms in total. The first kappa shape index (κ1) is 23.7. The highest BCUT2D eigenvalue weighted by Crippen LogP contribution is 2.29. The molecule has 1 heterocycles. The van der Waals surface area contributed by atoms with Gasteiger partial charge in [0.05, 0.1) is 0 Å². The SMILES string of the molecule is CC[C@H](C)c1ccc2oc(-c3cccc(NC(=S)NC(=O)COc4ccc(Cl)cc4)c3)nc2c1. The highest BCUT2D eigenvalue weighted by atomic mass is 35.5. The predicted molar refractivity (Wildman–Crippen MR) is 139 cm³/mol. The summed E-state index contributed by atoms with van der Waals surface area (Å²) < 4.78 is 11.4. The normalized spacial score (nSPS) is 11.7. The van der Waals surface area contributed by atoms with Crippen LogP contribution in [0.3, 0.4) is 0 Å². The van der Waals surface area contributed by atoms with E-state index in [1.54, 1.807) is 24.3 Å². The smallest absolute Gasteiger partial charge is 0.264 e. The summed E-state index contributed by atoms with van der Waals surface area (Å²) in [5.74, 6) is 1.15. The van der Waals surface area contributed by atoms with Crippen LogP contribution >= 0.6 is 23.8 Å². The number of halogens is 1. The summed E-state index contributed by atoms with van der Waals surface area (Å²) in [7, 11) is 0. The number of hydrogen-bond donors (Lipinski definition) is 2. The molecule has 4 aromatic rings. The average Bonchev–Trinajstić information content (AvgIpc) is 3.27. The van der Waals surface area contributed by atoms with E-state index in [4.69, 9.17) is 33.0 Å². The van der Waals surface area contributed by atoms with Crippen LogP contribution in [0.2, 0.25) is 5.02 Å². The molecule has 2 N–H and O–H groups in total. The van der Waals surface area contributed by atoms with Gasteiger partial charge in [-0.05, 0) is 84.7 Å². The van der Waals surface area contributed by atoms with E-state index in [1.165, 1.54) is 5.56 Å². The molecule has 0 aliphatic rings. The van der Waals surface area contributed by atoms with Crippen LogP contribution in [0, 0.1) is 0 Å². The molecule has 174 valence electrons. The fraction of sp³-hybridized carbons (Fsp3) is 0.192. The fourth-order valence-corrected chi connectivity index (χ4v) is 3.70. The molecule has 34 heavy (non-hydrogen) atoms. The van der Waals surface area contributed by atoms with E-state index in [9.17, 15) is 4.79 Å². The topological polar surface area (TPSA) is 76.4 Å². The Bertz CT molecular complexity index is 1320. The van der Waals surface area contributed by atoms with Gasteiger partial charge in [0.15, 0.2) is 17.3 Å². The maximum atomic E-state index is 12.2. The quantitative estimate of drug-likeness (QED) is 0.284. The van der Waals surface area contributed by atoms with Crippen molar-refractivity contribution >= 4 is 51.6 Å². The van der Waals surface area contributed by atoms with Crippen molar-refractivity contribution in [1.82, 2.24) is 10.3 Å². The second-order valence-electron chi connectivity index (χ2n) is 7.88. The molecule has 3 aromatic carbocycles. The lowest BCUT2D eigenvalue weighted by atomic mass is 9.98. The van der Waals surface area contributed by atoms with Crippen molar-refractivity contribution in [2.45, 2.75) is 26.2 Å². The summed E-state index contributed by atoms with van der Waals surface area (Å²) in [6, 6.07) is 20.4. The maximum Gasteiger partial charge on any atom is 0.264 e. The van der Waals surface area contributed by atoms with E-state index < -0.39 is 0 Å². The molecule has 0 unspecified atom stereocenters. The number of oxazole rings is 1. The Labute approximate surface area is 208 Å². The summed E-state index contributed by atoms with van der Waals surface area (Å²) in [4.78, 5) is 16.8. The van der Waals surface area contributed by atoms with E-state index in [0.29, 0.717) is 28.3 Å². The minimum Gasteiger partial charge on any atom is -0.484 e. The lowest BCUT2D eigenvalue weighted by Gasteiger charge is -2.11. The Hall–Kier alpha value is -3.42. The third kappa shape index (κ3) is 5.92. The van der Waals surface area contributed by atoms with E-state index in [-0.39, 0.29) is 17.6 Å². The summed E-state index contributed by atoms with van der Waals surface area (Å²) in [5.41, 5.74) is 4.31.